The van der Waals surface area contributed by atoms with Gasteiger partial charge in [0.15, 0.2) is 0 Å². The lowest BCUT2D eigenvalue weighted by molar-refractivity contribution is -0.384. The zero-order valence-corrected chi connectivity index (χ0v) is 13.0. The smallest absolute Gasteiger partial charge is 0.270 e. The molecule has 0 radical (unpaired) electrons. The standard InChI is InChI=1S/C16H7ClN2O3S/c17-13-15(20)10-7-8(19(21)22)5-6-9(10)14-16(13)23-12-4-2-1-3-11(12)18-14/h1-7H. The molecule has 0 N–H and O–H groups in total. The summed E-state index contributed by atoms with van der Waals surface area (Å²) in [4.78, 5) is 28.1. The fourth-order valence-electron chi connectivity index (χ4n) is 2.56. The van der Waals surface area contributed by atoms with Crippen LogP contribution in [0.2, 0.25) is 5.02 Å². The zero-order valence-electron chi connectivity index (χ0n) is 11.4. The Kier molecular flexibility index (Phi) is 3.04. The van der Waals surface area contributed by atoms with E-state index in [0.29, 0.717) is 16.0 Å². The van der Waals surface area contributed by atoms with Crippen molar-refractivity contribution in [3.8, 4) is 10.6 Å². The van der Waals surface area contributed by atoms with Gasteiger partial charge in [0.1, 0.15) is 5.02 Å². The van der Waals surface area contributed by atoms with Crippen LogP contribution in [0, 0.1) is 10.1 Å². The summed E-state index contributed by atoms with van der Waals surface area (Å²) in [5.41, 5.74) is 0.822. The van der Waals surface area contributed by atoms with Crippen LogP contribution in [0.25, 0.3) is 31.6 Å². The molecule has 5 nitrogen and oxygen atoms in total. The second-order valence-electron chi connectivity index (χ2n) is 4.99. The Balaban J connectivity index is 2.23. The fourth-order valence-corrected chi connectivity index (χ4v) is 3.88. The summed E-state index contributed by atoms with van der Waals surface area (Å²) < 4.78 is 0.919. The van der Waals surface area contributed by atoms with Crippen LogP contribution in [0.5, 0.6) is 0 Å². The highest BCUT2D eigenvalue weighted by Gasteiger charge is 2.21. The summed E-state index contributed by atoms with van der Waals surface area (Å²) in [6.45, 7) is 0. The van der Waals surface area contributed by atoms with Crippen LogP contribution in [-0.2, 0) is 0 Å². The number of halogens is 1. The number of fused-ring (bicyclic) bond motifs is 4. The molecular formula is C16H7ClN2O3S. The quantitative estimate of drug-likeness (QED) is 0.221. The second kappa shape index (κ2) is 4.97. The highest BCUT2D eigenvalue weighted by molar-refractivity contribution is 7.22. The van der Waals surface area contributed by atoms with Gasteiger partial charge in [-0.1, -0.05) is 23.7 Å². The lowest BCUT2D eigenvalue weighted by Gasteiger charge is -2.11. The van der Waals surface area contributed by atoms with Crippen molar-refractivity contribution in [3.05, 3.63) is 67.8 Å². The third kappa shape index (κ3) is 2.07. The average Bonchev–Trinajstić information content (AvgIpc) is 2.58. The van der Waals surface area contributed by atoms with Gasteiger partial charge in [-0.3, -0.25) is 14.9 Å². The monoisotopic (exact) mass is 342 g/mol. The number of hydrogen-bond donors (Lipinski definition) is 0. The maximum absolute atomic E-state index is 12.5. The minimum absolute atomic E-state index is 0.0521. The Bertz CT molecular complexity index is 1140. The van der Waals surface area contributed by atoms with E-state index < -0.39 is 10.4 Å². The molecule has 0 unspecified atom stereocenters. The van der Waals surface area contributed by atoms with Crippen molar-refractivity contribution in [2.45, 2.75) is 0 Å². The van der Waals surface area contributed by atoms with E-state index in [4.69, 9.17) is 11.6 Å². The zero-order chi connectivity index (χ0) is 16.1. The first-order valence-electron chi connectivity index (χ1n) is 6.65. The maximum Gasteiger partial charge on any atom is 0.270 e. The van der Waals surface area contributed by atoms with E-state index in [-0.39, 0.29) is 16.1 Å². The molecule has 0 spiro atoms. The summed E-state index contributed by atoms with van der Waals surface area (Å²) >= 11 is 7.61. The Morgan fingerprint density at radius 1 is 1.13 bits per heavy atom. The molecule has 0 aromatic heterocycles. The number of nitrogens with zero attached hydrogens (tertiary/aromatic N) is 2. The molecule has 112 valence electrons. The molecular weight excluding hydrogens is 336 g/mol. The number of hydrogen-bond acceptors (Lipinski definition) is 5. The summed E-state index contributed by atoms with van der Waals surface area (Å²) in [7, 11) is 0. The minimum atomic E-state index is -0.534. The van der Waals surface area contributed by atoms with Gasteiger partial charge < -0.3 is 0 Å². The van der Waals surface area contributed by atoms with E-state index in [0.717, 1.165) is 10.2 Å². The average molecular weight is 343 g/mol. The van der Waals surface area contributed by atoms with Gasteiger partial charge in [0.05, 0.1) is 25.7 Å². The van der Waals surface area contributed by atoms with Gasteiger partial charge in [-0.25, -0.2) is 4.98 Å². The van der Waals surface area contributed by atoms with Crippen LogP contribution in [0.3, 0.4) is 0 Å². The molecule has 0 fully saturated rings. The van der Waals surface area contributed by atoms with Crippen LogP contribution in [-0.4, -0.2) is 9.91 Å². The number of para-hydroxylation sites is 1. The largest absolute Gasteiger partial charge is 0.288 e. The SMILES string of the molecule is O=c1c(Cl)c2sc3ccccc3nc-2c2ccc([N+](=O)[O-])cc12. The van der Waals surface area contributed by atoms with Crippen LogP contribution in [0.1, 0.15) is 0 Å². The van der Waals surface area contributed by atoms with Crippen molar-refractivity contribution < 1.29 is 4.92 Å². The Morgan fingerprint density at radius 2 is 1.91 bits per heavy atom. The number of non-ortho nitro benzene ring substituents is 1. The molecule has 2 aromatic rings. The molecule has 0 saturated carbocycles. The third-order valence-corrected chi connectivity index (χ3v) is 5.28. The molecule has 7 heteroatoms. The van der Waals surface area contributed by atoms with Gasteiger partial charge in [-0.15, -0.1) is 11.3 Å². The van der Waals surface area contributed by atoms with Crippen LogP contribution >= 0.6 is 22.9 Å². The summed E-state index contributed by atoms with van der Waals surface area (Å²) in [5, 5.41) is 11.8. The molecule has 1 aliphatic carbocycles. The van der Waals surface area contributed by atoms with E-state index in [9.17, 15) is 14.9 Å². The predicted molar refractivity (Wildman–Crippen MR) is 91.7 cm³/mol. The normalized spacial score (nSPS) is 11.3. The van der Waals surface area contributed by atoms with E-state index in [1.165, 1.54) is 23.5 Å². The molecule has 2 aromatic carbocycles. The predicted octanol–water partition coefficient (Wildman–Crippen LogP) is 4.48. The van der Waals surface area contributed by atoms with Gasteiger partial charge in [-0.2, -0.15) is 0 Å². The highest BCUT2D eigenvalue weighted by Crippen LogP contribution is 2.39. The van der Waals surface area contributed by atoms with Crippen molar-refractivity contribution in [2.24, 2.45) is 0 Å². The molecule has 23 heavy (non-hydrogen) atoms. The van der Waals surface area contributed by atoms with Crippen molar-refractivity contribution in [2.75, 3.05) is 0 Å². The summed E-state index contributed by atoms with van der Waals surface area (Å²) in [6.07, 6.45) is 0. The van der Waals surface area contributed by atoms with Crippen LogP contribution < -0.4 is 5.43 Å². The Labute approximate surface area is 138 Å². The lowest BCUT2D eigenvalue weighted by Crippen LogP contribution is -2.06. The summed E-state index contributed by atoms with van der Waals surface area (Å²) in [6, 6.07) is 11.7. The van der Waals surface area contributed by atoms with Gasteiger partial charge in [0, 0.05) is 22.9 Å². The van der Waals surface area contributed by atoms with E-state index in [2.05, 4.69) is 4.98 Å². The second-order valence-corrected chi connectivity index (χ2v) is 6.42. The first-order valence-corrected chi connectivity index (χ1v) is 7.85. The van der Waals surface area contributed by atoms with Gasteiger partial charge in [0.25, 0.3) is 5.69 Å². The molecule has 2 aliphatic rings. The molecule has 1 aliphatic heterocycles. The number of rotatable bonds is 1. The summed E-state index contributed by atoms with van der Waals surface area (Å²) in [5.74, 6) is 0. The van der Waals surface area contributed by atoms with Gasteiger partial charge in [-0.05, 0) is 18.2 Å². The Morgan fingerprint density at radius 3 is 2.70 bits per heavy atom. The molecule has 0 bridgehead atoms. The molecule has 0 amide bonds. The van der Waals surface area contributed by atoms with Crippen molar-refractivity contribution >= 4 is 49.6 Å². The van der Waals surface area contributed by atoms with Crippen LogP contribution in [0.15, 0.2) is 47.3 Å². The molecule has 4 rings (SSSR count). The van der Waals surface area contributed by atoms with Gasteiger partial charge in [0.2, 0.25) is 5.43 Å². The number of aromatic nitrogens is 1. The van der Waals surface area contributed by atoms with Crippen LogP contribution in [0.4, 0.5) is 5.69 Å². The van der Waals surface area contributed by atoms with E-state index in [1.807, 2.05) is 24.3 Å². The minimum Gasteiger partial charge on any atom is -0.288 e. The van der Waals surface area contributed by atoms with Gasteiger partial charge >= 0.3 is 0 Å². The molecule has 0 atom stereocenters. The molecule has 0 saturated heterocycles. The lowest BCUT2D eigenvalue weighted by atomic mass is 10.0. The Hall–Kier alpha value is -2.57. The van der Waals surface area contributed by atoms with E-state index >= 15 is 0 Å². The number of benzene rings is 3. The topological polar surface area (TPSA) is 73.1 Å². The van der Waals surface area contributed by atoms with E-state index in [1.54, 1.807) is 6.07 Å². The maximum atomic E-state index is 12.5. The number of nitro groups is 1. The van der Waals surface area contributed by atoms with Crippen molar-refractivity contribution in [3.63, 3.8) is 0 Å². The first kappa shape index (κ1) is 14.0. The number of nitro benzene ring substituents is 1. The molecule has 1 heterocycles. The highest BCUT2D eigenvalue weighted by atomic mass is 35.5. The fraction of sp³-hybridized carbons (Fsp3) is 0. The van der Waals surface area contributed by atoms with Crippen molar-refractivity contribution in [1.82, 2.24) is 4.98 Å². The van der Waals surface area contributed by atoms with Crippen molar-refractivity contribution in [1.29, 1.82) is 0 Å². The third-order valence-electron chi connectivity index (χ3n) is 3.64. The first-order chi connectivity index (χ1) is 11.1.